The number of benzene rings is 1. The summed E-state index contributed by atoms with van der Waals surface area (Å²) < 4.78 is 24.0. The van der Waals surface area contributed by atoms with Crippen molar-refractivity contribution in [2.45, 2.75) is 85.0 Å². The number of unbranched alkanes of at least 4 members (excludes halogenated alkanes) is 7. The Bertz CT molecular complexity index is 596. The second kappa shape index (κ2) is 13.3. The van der Waals surface area contributed by atoms with E-state index in [9.17, 15) is 14.0 Å². The third kappa shape index (κ3) is 7.61. The summed E-state index contributed by atoms with van der Waals surface area (Å²) in [5, 5.41) is 0. The van der Waals surface area contributed by atoms with E-state index >= 15 is 0 Å². The Balaban J connectivity index is 2.47. The van der Waals surface area contributed by atoms with Crippen LogP contribution >= 0.6 is 0 Å². The molecule has 0 N–H and O–H groups in total. The minimum atomic E-state index is -1.35. The SMILES string of the molecule is CCCCCCCCCCOC(=O)C(CC)(CC)C(=O)Oc1cccc(F)c1. The lowest BCUT2D eigenvalue weighted by Crippen LogP contribution is -2.42. The Hall–Kier alpha value is -1.91. The van der Waals surface area contributed by atoms with E-state index in [2.05, 4.69) is 6.92 Å². The Morgan fingerprint density at radius 1 is 0.893 bits per heavy atom. The van der Waals surface area contributed by atoms with E-state index in [0.717, 1.165) is 25.3 Å². The van der Waals surface area contributed by atoms with E-state index in [-0.39, 0.29) is 18.6 Å². The standard InChI is InChI=1S/C23H35FO4/c1-4-7-8-9-10-11-12-13-17-27-21(25)23(5-2,6-3)22(26)28-20-16-14-15-19(24)18-20/h14-16,18H,4-13,17H2,1-3H3. The maximum absolute atomic E-state index is 13.3. The normalized spacial score (nSPS) is 11.3. The van der Waals surface area contributed by atoms with Crippen LogP contribution in [0.3, 0.4) is 0 Å². The lowest BCUT2D eigenvalue weighted by Gasteiger charge is -2.26. The van der Waals surface area contributed by atoms with Crippen molar-refractivity contribution in [1.82, 2.24) is 0 Å². The van der Waals surface area contributed by atoms with Gasteiger partial charge in [0.15, 0.2) is 5.41 Å². The van der Waals surface area contributed by atoms with Crippen molar-refractivity contribution >= 4 is 11.9 Å². The van der Waals surface area contributed by atoms with Gasteiger partial charge in [-0.15, -0.1) is 0 Å². The van der Waals surface area contributed by atoms with Crippen LogP contribution in [-0.4, -0.2) is 18.5 Å². The number of carbonyl (C=O) groups is 2. The summed E-state index contributed by atoms with van der Waals surface area (Å²) in [6.07, 6.45) is 9.77. The molecule has 0 aromatic heterocycles. The molecule has 0 heterocycles. The Morgan fingerprint density at radius 3 is 2.07 bits per heavy atom. The highest BCUT2D eigenvalue weighted by molar-refractivity contribution is 6.00. The first-order chi connectivity index (χ1) is 13.5. The maximum atomic E-state index is 13.3. The van der Waals surface area contributed by atoms with Crippen molar-refractivity contribution in [1.29, 1.82) is 0 Å². The first-order valence-electron chi connectivity index (χ1n) is 10.6. The largest absolute Gasteiger partial charge is 0.465 e. The van der Waals surface area contributed by atoms with Gasteiger partial charge in [0.25, 0.3) is 0 Å². The average Bonchev–Trinajstić information content (AvgIpc) is 2.68. The molecule has 1 rings (SSSR count). The number of carbonyl (C=O) groups excluding carboxylic acids is 2. The zero-order valence-corrected chi connectivity index (χ0v) is 17.6. The fraction of sp³-hybridized carbons (Fsp3) is 0.652. The van der Waals surface area contributed by atoms with Crippen molar-refractivity contribution in [3.05, 3.63) is 30.1 Å². The Morgan fingerprint density at radius 2 is 1.50 bits per heavy atom. The molecule has 4 nitrogen and oxygen atoms in total. The molecule has 1 aromatic rings. The molecule has 0 fully saturated rings. The van der Waals surface area contributed by atoms with E-state index < -0.39 is 23.2 Å². The molecule has 0 spiro atoms. The summed E-state index contributed by atoms with van der Waals surface area (Å²) in [5.74, 6) is -1.65. The molecule has 0 radical (unpaired) electrons. The predicted molar refractivity (Wildman–Crippen MR) is 109 cm³/mol. The van der Waals surface area contributed by atoms with Crippen LogP contribution in [0.1, 0.15) is 85.0 Å². The lowest BCUT2D eigenvalue weighted by molar-refractivity contribution is -0.168. The fourth-order valence-corrected chi connectivity index (χ4v) is 3.18. The molecule has 158 valence electrons. The molecule has 28 heavy (non-hydrogen) atoms. The first kappa shape index (κ1) is 24.1. The minimum absolute atomic E-state index is 0.0900. The van der Waals surface area contributed by atoms with Crippen LogP contribution in [0.5, 0.6) is 5.75 Å². The first-order valence-corrected chi connectivity index (χ1v) is 10.6. The average molecular weight is 395 g/mol. The maximum Gasteiger partial charge on any atom is 0.328 e. The molecule has 0 aliphatic heterocycles. The number of rotatable bonds is 14. The number of halogens is 1. The predicted octanol–water partition coefficient (Wildman–Crippen LogP) is 6.22. The highest BCUT2D eigenvalue weighted by atomic mass is 19.1. The van der Waals surface area contributed by atoms with Gasteiger partial charge in [0, 0.05) is 6.07 Å². The monoisotopic (exact) mass is 394 g/mol. The quantitative estimate of drug-likeness (QED) is 0.163. The Kier molecular flexibility index (Phi) is 11.5. The summed E-state index contributed by atoms with van der Waals surface area (Å²) in [6.45, 7) is 6.03. The number of hydrogen-bond donors (Lipinski definition) is 0. The molecule has 0 aliphatic carbocycles. The van der Waals surface area contributed by atoms with Crippen LogP contribution in [0.2, 0.25) is 0 Å². The second-order valence-electron chi connectivity index (χ2n) is 7.25. The van der Waals surface area contributed by atoms with Crippen LogP contribution in [0.25, 0.3) is 0 Å². The van der Waals surface area contributed by atoms with Gasteiger partial charge in [-0.3, -0.25) is 9.59 Å². The van der Waals surface area contributed by atoms with Crippen LogP contribution in [0.4, 0.5) is 4.39 Å². The number of esters is 2. The molecule has 0 saturated heterocycles. The van der Waals surface area contributed by atoms with E-state index in [4.69, 9.17) is 9.47 Å². The fourth-order valence-electron chi connectivity index (χ4n) is 3.18. The summed E-state index contributed by atoms with van der Waals surface area (Å²) in [5.41, 5.74) is -1.35. The summed E-state index contributed by atoms with van der Waals surface area (Å²) in [6, 6.07) is 5.34. The third-order valence-electron chi connectivity index (χ3n) is 5.23. The number of ether oxygens (including phenoxy) is 2. The minimum Gasteiger partial charge on any atom is -0.465 e. The summed E-state index contributed by atoms with van der Waals surface area (Å²) >= 11 is 0. The van der Waals surface area contributed by atoms with E-state index in [1.807, 2.05) is 0 Å². The number of hydrogen-bond acceptors (Lipinski definition) is 4. The smallest absolute Gasteiger partial charge is 0.328 e. The van der Waals surface area contributed by atoms with Crippen molar-refractivity contribution in [2.75, 3.05) is 6.61 Å². The highest BCUT2D eigenvalue weighted by Crippen LogP contribution is 2.31. The topological polar surface area (TPSA) is 52.6 Å². The summed E-state index contributed by atoms with van der Waals surface area (Å²) in [7, 11) is 0. The zero-order valence-electron chi connectivity index (χ0n) is 17.6. The molecule has 0 aliphatic rings. The van der Waals surface area contributed by atoms with Gasteiger partial charge in [-0.2, -0.15) is 0 Å². The van der Waals surface area contributed by atoms with Crippen LogP contribution in [-0.2, 0) is 14.3 Å². The van der Waals surface area contributed by atoms with Gasteiger partial charge in [0.2, 0.25) is 0 Å². The van der Waals surface area contributed by atoms with Crippen LogP contribution in [0, 0.1) is 11.2 Å². The van der Waals surface area contributed by atoms with Gasteiger partial charge in [0.05, 0.1) is 6.61 Å². The van der Waals surface area contributed by atoms with Gasteiger partial charge in [-0.25, -0.2) is 4.39 Å². The van der Waals surface area contributed by atoms with Crippen molar-refractivity contribution in [2.24, 2.45) is 5.41 Å². The van der Waals surface area contributed by atoms with Gasteiger partial charge in [-0.1, -0.05) is 71.8 Å². The van der Waals surface area contributed by atoms with Crippen LogP contribution in [0.15, 0.2) is 24.3 Å². The third-order valence-corrected chi connectivity index (χ3v) is 5.23. The van der Waals surface area contributed by atoms with E-state index in [1.165, 1.54) is 50.3 Å². The molecule has 0 bridgehead atoms. The van der Waals surface area contributed by atoms with Crippen LogP contribution < -0.4 is 4.74 Å². The van der Waals surface area contributed by atoms with Gasteiger partial charge in [0.1, 0.15) is 11.6 Å². The summed E-state index contributed by atoms with van der Waals surface area (Å²) in [4.78, 5) is 25.3. The molecular weight excluding hydrogens is 359 g/mol. The van der Waals surface area contributed by atoms with Crippen molar-refractivity contribution < 1.29 is 23.5 Å². The molecule has 5 heteroatoms. The van der Waals surface area contributed by atoms with Gasteiger partial charge < -0.3 is 9.47 Å². The molecule has 0 saturated carbocycles. The molecule has 0 amide bonds. The van der Waals surface area contributed by atoms with Gasteiger partial charge in [-0.05, 0) is 31.4 Å². The lowest BCUT2D eigenvalue weighted by atomic mass is 9.82. The highest BCUT2D eigenvalue weighted by Gasteiger charge is 2.46. The van der Waals surface area contributed by atoms with E-state index in [0.29, 0.717) is 6.61 Å². The van der Waals surface area contributed by atoms with Crippen molar-refractivity contribution in [3.63, 3.8) is 0 Å². The molecule has 0 unspecified atom stereocenters. The zero-order chi connectivity index (χ0) is 20.8. The van der Waals surface area contributed by atoms with Gasteiger partial charge >= 0.3 is 11.9 Å². The molecule has 0 atom stereocenters. The van der Waals surface area contributed by atoms with Crippen molar-refractivity contribution in [3.8, 4) is 5.75 Å². The molecule has 1 aromatic carbocycles. The second-order valence-corrected chi connectivity index (χ2v) is 7.25. The molecular formula is C23H35FO4. The van der Waals surface area contributed by atoms with E-state index in [1.54, 1.807) is 13.8 Å². The Labute approximate surface area is 168 Å².